The zero-order valence-electron chi connectivity index (χ0n) is 24.7. The first-order valence-electron chi connectivity index (χ1n) is 13.0. The second kappa shape index (κ2) is 20.9. The second-order valence-electron chi connectivity index (χ2n) is 6.36. The van der Waals surface area contributed by atoms with Crippen molar-refractivity contribution < 1.29 is 9.53 Å². The Morgan fingerprint density at radius 3 is 1.97 bits per heavy atom. The quantitative estimate of drug-likeness (QED) is 0.372. The number of hydrogen-bond acceptors (Lipinski definition) is 5. The fourth-order valence-electron chi connectivity index (χ4n) is 2.94. The van der Waals surface area contributed by atoms with Crippen LogP contribution in [0.15, 0.2) is 47.5 Å². The number of rotatable bonds is 2. The van der Waals surface area contributed by atoms with E-state index in [0.29, 0.717) is 11.6 Å². The van der Waals surface area contributed by atoms with Gasteiger partial charge in [-0.3, -0.25) is 14.4 Å². The number of aromatic nitrogens is 3. The minimum Gasteiger partial charge on any atom is -0.497 e. The largest absolute Gasteiger partial charge is 0.497 e. The van der Waals surface area contributed by atoms with E-state index in [9.17, 15) is 4.79 Å². The number of carbonyl (C=O) groups is 1. The molecule has 206 valence electrons. The van der Waals surface area contributed by atoms with Gasteiger partial charge in [0.15, 0.2) is 5.82 Å². The molecule has 4 rings (SSSR count). The molecule has 1 aliphatic heterocycles. The summed E-state index contributed by atoms with van der Waals surface area (Å²) in [6.45, 7) is 19.9. The number of nitrogens with zero attached hydrogens (tertiary/aromatic N) is 4. The van der Waals surface area contributed by atoms with Gasteiger partial charge in [0.1, 0.15) is 18.1 Å². The average molecular weight is 532 g/mol. The summed E-state index contributed by atoms with van der Waals surface area (Å²) in [7, 11) is 3.26. The van der Waals surface area contributed by atoms with Crippen LogP contribution < -0.4 is 10.1 Å². The summed E-state index contributed by atoms with van der Waals surface area (Å²) in [6.07, 6.45) is 0. The van der Waals surface area contributed by atoms with Crippen LogP contribution >= 0.6 is 11.6 Å². The molecule has 3 aromatic rings. The molecule has 2 heterocycles. The van der Waals surface area contributed by atoms with Crippen LogP contribution in [0.5, 0.6) is 5.75 Å². The first-order valence-corrected chi connectivity index (χ1v) is 13.4. The van der Waals surface area contributed by atoms with Crippen molar-refractivity contribution in [3.05, 3.63) is 70.3 Å². The van der Waals surface area contributed by atoms with Gasteiger partial charge in [-0.15, -0.1) is 10.2 Å². The summed E-state index contributed by atoms with van der Waals surface area (Å²) in [4.78, 5) is 14.5. The van der Waals surface area contributed by atoms with Gasteiger partial charge in [0, 0.05) is 30.1 Å². The molecule has 0 fully saturated rings. The lowest BCUT2D eigenvalue weighted by molar-refractivity contribution is -0.118. The van der Waals surface area contributed by atoms with Crippen LogP contribution in [0.25, 0.3) is 5.69 Å². The van der Waals surface area contributed by atoms with Crippen LogP contribution in [0.1, 0.15) is 85.1 Å². The van der Waals surface area contributed by atoms with Crippen molar-refractivity contribution in [3.63, 3.8) is 0 Å². The highest BCUT2D eigenvalue weighted by Gasteiger charge is 2.22. The van der Waals surface area contributed by atoms with Crippen molar-refractivity contribution >= 4 is 23.2 Å². The van der Waals surface area contributed by atoms with Crippen LogP contribution in [-0.4, -0.2) is 40.5 Å². The van der Waals surface area contributed by atoms with Crippen molar-refractivity contribution in [2.75, 3.05) is 14.2 Å². The molecule has 0 atom stereocenters. The first kappa shape index (κ1) is 36.0. The fraction of sp³-hybridized carbons (Fsp3) is 0.448. The van der Waals surface area contributed by atoms with Crippen molar-refractivity contribution in [2.24, 2.45) is 4.99 Å². The van der Waals surface area contributed by atoms with E-state index in [4.69, 9.17) is 21.3 Å². The molecule has 37 heavy (non-hydrogen) atoms. The Kier molecular flexibility index (Phi) is 20.4. The first-order chi connectivity index (χ1) is 17.9. The van der Waals surface area contributed by atoms with Crippen LogP contribution in [0.4, 0.5) is 0 Å². The van der Waals surface area contributed by atoms with Gasteiger partial charge >= 0.3 is 0 Å². The van der Waals surface area contributed by atoms with Crippen molar-refractivity contribution in [1.29, 1.82) is 0 Å². The van der Waals surface area contributed by atoms with E-state index >= 15 is 0 Å². The van der Waals surface area contributed by atoms with E-state index in [0.717, 1.165) is 39.9 Å². The second-order valence-corrected chi connectivity index (χ2v) is 6.80. The van der Waals surface area contributed by atoms with Gasteiger partial charge < -0.3 is 10.1 Å². The van der Waals surface area contributed by atoms with E-state index in [1.165, 1.54) is 6.92 Å². The number of amides is 1. The normalized spacial score (nSPS) is 9.92. The summed E-state index contributed by atoms with van der Waals surface area (Å²) in [5.41, 5.74) is 3.88. The smallest absolute Gasteiger partial charge is 0.216 e. The van der Waals surface area contributed by atoms with Gasteiger partial charge in [-0.1, -0.05) is 79.1 Å². The van der Waals surface area contributed by atoms with Gasteiger partial charge in [0.25, 0.3) is 0 Å². The highest BCUT2D eigenvalue weighted by Crippen LogP contribution is 2.29. The highest BCUT2D eigenvalue weighted by molar-refractivity contribution is 6.30. The van der Waals surface area contributed by atoms with E-state index in [2.05, 4.69) is 15.5 Å². The number of nitrogens with one attached hydrogen (secondary N) is 1. The average Bonchev–Trinajstić information content (AvgIpc) is 3.25. The molecule has 0 unspecified atom stereocenters. The topological polar surface area (TPSA) is 81.4 Å². The van der Waals surface area contributed by atoms with Gasteiger partial charge in [-0.2, -0.15) is 0 Å². The van der Waals surface area contributed by atoms with Crippen molar-refractivity contribution in [2.45, 2.75) is 75.8 Å². The van der Waals surface area contributed by atoms with E-state index in [1.54, 1.807) is 14.2 Å². The van der Waals surface area contributed by atoms with Crippen LogP contribution in [0, 0.1) is 6.92 Å². The Labute approximate surface area is 229 Å². The lowest BCUT2D eigenvalue weighted by Gasteiger charge is -2.14. The molecule has 7 nitrogen and oxygen atoms in total. The van der Waals surface area contributed by atoms with Crippen LogP contribution in [0.2, 0.25) is 5.02 Å². The maximum absolute atomic E-state index is 9.70. The maximum atomic E-state index is 9.70. The minimum atomic E-state index is 0.00463. The van der Waals surface area contributed by atoms with Crippen molar-refractivity contribution in [3.8, 4) is 11.4 Å². The molecule has 1 aliphatic rings. The summed E-state index contributed by atoms with van der Waals surface area (Å²) < 4.78 is 7.45. The van der Waals surface area contributed by atoms with Gasteiger partial charge in [0.05, 0.1) is 18.5 Å². The highest BCUT2D eigenvalue weighted by atomic mass is 35.5. The SMILES string of the molecule is CC.CC.CC.CC.CNC(C)=O.COc1ccc2c(c1)C(c1ccc(Cl)cc1)=NCc1nnc(C)n1-2. The third-order valence-electron chi connectivity index (χ3n) is 4.44. The zero-order chi connectivity index (χ0) is 29.0. The molecule has 0 saturated heterocycles. The fourth-order valence-corrected chi connectivity index (χ4v) is 3.06. The molecule has 0 spiro atoms. The Morgan fingerprint density at radius 1 is 0.946 bits per heavy atom. The Bertz CT molecular complexity index is 1060. The molecule has 1 amide bonds. The molecule has 8 heteroatoms. The third-order valence-corrected chi connectivity index (χ3v) is 4.69. The molecule has 2 aromatic carbocycles. The van der Waals surface area contributed by atoms with E-state index in [-0.39, 0.29) is 5.91 Å². The number of hydrogen-bond donors (Lipinski definition) is 1. The van der Waals surface area contributed by atoms with E-state index < -0.39 is 0 Å². The number of halogens is 1. The maximum Gasteiger partial charge on any atom is 0.216 e. The summed E-state index contributed by atoms with van der Waals surface area (Å²) >= 11 is 6.02. The predicted octanol–water partition coefficient (Wildman–Crippen LogP) is 7.45. The number of fused-ring (bicyclic) bond motifs is 3. The molecule has 0 radical (unpaired) electrons. The molecule has 0 bridgehead atoms. The lowest BCUT2D eigenvalue weighted by atomic mass is 10.00. The number of ether oxygens (including phenoxy) is 1. The van der Waals surface area contributed by atoms with Crippen LogP contribution in [-0.2, 0) is 11.3 Å². The Morgan fingerprint density at radius 2 is 1.49 bits per heavy atom. The predicted molar refractivity (Wildman–Crippen MR) is 159 cm³/mol. The number of carbonyl (C=O) groups excluding carboxylic acids is 1. The van der Waals surface area contributed by atoms with Crippen LogP contribution in [0.3, 0.4) is 0 Å². The number of benzene rings is 2. The standard InChI is InChI=1S/C18H15ClN4O.C3H7NO.4C2H6/c1-11-21-22-17-10-20-18(12-3-5-13(19)6-4-12)15-9-14(24-2)7-8-16(15)23(11)17;1-3(5)4-2;4*1-2/h3-9H,10H2,1-2H3;1-2H3,(H,4,5);4*1-2H3. The summed E-state index contributed by atoms with van der Waals surface area (Å²) in [5, 5.41) is 11.5. The third kappa shape index (κ3) is 10.8. The van der Waals surface area contributed by atoms with Gasteiger partial charge in [-0.05, 0) is 37.3 Å². The summed E-state index contributed by atoms with van der Waals surface area (Å²) in [5.74, 6) is 2.45. The van der Waals surface area contributed by atoms with E-state index in [1.807, 2.05) is 109 Å². The minimum absolute atomic E-state index is 0.00463. The Hall–Kier alpha value is -3.19. The molecule has 0 saturated carbocycles. The molecular formula is C29H46ClN5O2. The monoisotopic (exact) mass is 531 g/mol. The lowest BCUT2D eigenvalue weighted by Crippen LogP contribution is -2.11. The number of aliphatic imine (C=N–C) groups is 1. The number of aryl methyl sites for hydroxylation is 1. The number of methoxy groups -OCH3 is 1. The van der Waals surface area contributed by atoms with Crippen molar-refractivity contribution in [1.82, 2.24) is 20.1 Å². The molecule has 0 aliphatic carbocycles. The zero-order valence-corrected chi connectivity index (χ0v) is 25.5. The van der Waals surface area contributed by atoms with Gasteiger partial charge in [-0.25, -0.2) is 0 Å². The summed E-state index contributed by atoms with van der Waals surface area (Å²) in [6, 6.07) is 13.6. The molecule has 1 N–H and O–H groups in total. The Balaban J connectivity index is 0. The van der Waals surface area contributed by atoms with Gasteiger partial charge in [0.2, 0.25) is 5.91 Å². The molecule has 1 aromatic heterocycles. The molecular weight excluding hydrogens is 486 g/mol.